The molecule has 1 aliphatic rings. The van der Waals surface area contributed by atoms with Crippen LogP contribution in [0.4, 0.5) is 0 Å². The molecule has 2 aromatic rings. The Morgan fingerprint density at radius 3 is 2.67 bits per heavy atom. The largest absolute Gasteiger partial charge is 0.547 e. The van der Waals surface area contributed by atoms with E-state index in [0.717, 1.165) is 35.3 Å². The van der Waals surface area contributed by atoms with Gasteiger partial charge >= 0.3 is 0 Å². The van der Waals surface area contributed by atoms with Crippen molar-refractivity contribution in [3.8, 4) is 22.6 Å². The number of benzene rings is 2. The summed E-state index contributed by atoms with van der Waals surface area (Å²) in [5.74, 6) is -0.488. The van der Waals surface area contributed by atoms with E-state index in [0.29, 0.717) is 17.7 Å². The third-order valence-corrected chi connectivity index (χ3v) is 4.59. The normalized spacial score (nSPS) is 15.0. The number of phenolic OH excluding ortho intramolecular Hbond substituents is 1. The van der Waals surface area contributed by atoms with Gasteiger partial charge in [-0.25, -0.2) is 0 Å². The van der Waals surface area contributed by atoms with Crippen LogP contribution in [0, 0.1) is 6.92 Å². The van der Waals surface area contributed by atoms with Crippen molar-refractivity contribution in [3.63, 3.8) is 0 Å². The van der Waals surface area contributed by atoms with Crippen LogP contribution >= 0.6 is 0 Å². The van der Waals surface area contributed by atoms with E-state index in [1.807, 2.05) is 25.1 Å². The Morgan fingerprint density at radius 2 is 2.00 bits per heavy atom. The topological polar surface area (TPSA) is 78.8 Å². The molecule has 1 unspecified atom stereocenters. The van der Waals surface area contributed by atoms with Crippen LogP contribution in [0.1, 0.15) is 50.0 Å². The average molecular weight is 369 g/mol. The van der Waals surface area contributed by atoms with Crippen molar-refractivity contribution in [1.82, 2.24) is 0 Å². The van der Waals surface area contributed by atoms with E-state index in [2.05, 4.69) is 0 Å². The number of fused-ring (bicyclic) bond motifs is 1. The Labute approximate surface area is 159 Å². The van der Waals surface area contributed by atoms with Crippen molar-refractivity contribution in [2.24, 2.45) is 0 Å². The first-order chi connectivity index (χ1) is 12.7. The van der Waals surface area contributed by atoms with Gasteiger partial charge in [0.15, 0.2) is 0 Å². The summed E-state index contributed by atoms with van der Waals surface area (Å²) in [7, 11) is 0. The molecule has 5 heteroatoms. The first-order valence-corrected chi connectivity index (χ1v) is 9.14. The fourth-order valence-corrected chi connectivity index (χ4v) is 3.45. The third kappa shape index (κ3) is 4.08. The summed E-state index contributed by atoms with van der Waals surface area (Å²) >= 11 is 0. The molecule has 0 saturated heterocycles. The average Bonchev–Trinajstić information content (AvgIpc) is 2.60. The second-order valence-corrected chi connectivity index (χ2v) is 7.89. The number of aliphatic carboxylic acids is 1. The van der Waals surface area contributed by atoms with Gasteiger partial charge in [0.1, 0.15) is 17.6 Å². The molecule has 1 aliphatic heterocycles. The molecule has 0 radical (unpaired) electrons. The van der Waals surface area contributed by atoms with Crippen LogP contribution in [-0.4, -0.2) is 23.3 Å². The van der Waals surface area contributed by atoms with Crippen LogP contribution in [-0.2, 0) is 16.0 Å². The van der Waals surface area contributed by atoms with Crippen molar-refractivity contribution < 1.29 is 24.5 Å². The summed E-state index contributed by atoms with van der Waals surface area (Å²) in [4.78, 5) is 11.9. The standard InChI is InChI=1S/C22H26O5/c1-13-7-9-16(23)19(18(13)20(21(24)25)27-22(2,3)4)15-8-10-17-14(12-15)6-5-11-26-17/h7-10,12,20,23H,5-6,11H2,1-4H3,(H,24,25)/p-1. The molecule has 0 amide bonds. The van der Waals surface area contributed by atoms with Gasteiger partial charge in [0.25, 0.3) is 0 Å². The zero-order valence-electron chi connectivity index (χ0n) is 16.2. The van der Waals surface area contributed by atoms with E-state index in [1.165, 1.54) is 0 Å². The van der Waals surface area contributed by atoms with Crippen LogP contribution in [0.3, 0.4) is 0 Å². The van der Waals surface area contributed by atoms with Crippen LogP contribution in [0.2, 0.25) is 0 Å². The lowest BCUT2D eigenvalue weighted by molar-refractivity contribution is -0.321. The summed E-state index contributed by atoms with van der Waals surface area (Å²) in [6, 6.07) is 8.93. The third-order valence-electron chi connectivity index (χ3n) is 4.59. The molecule has 1 atom stereocenters. The van der Waals surface area contributed by atoms with E-state index >= 15 is 0 Å². The molecule has 0 spiro atoms. The van der Waals surface area contributed by atoms with E-state index in [-0.39, 0.29) is 5.75 Å². The lowest BCUT2D eigenvalue weighted by Crippen LogP contribution is -2.36. The number of rotatable bonds is 4. The molecule has 3 rings (SSSR count). The second-order valence-electron chi connectivity index (χ2n) is 7.89. The van der Waals surface area contributed by atoms with E-state index in [1.54, 1.807) is 32.9 Å². The highest BCUT2D eigenvalue weighted by Gasteiger charge is 2.28. The lowest BCUT2D eigenvalue weighted by atomic mass is 9.89. The van der Waals surface area contributed by atoms with Gasteiger partial charge in [-0.1, -0.05) is 12.1 Å². The zero-order chi connectivity index (χ0) is 19.8. The minimum Gasteiger partial charge on any atom is -0.547 e. The number of carboxylic acid groups (broad SMARTS) is 1. The summed E-state index contributed by atoms with van der Waals surface area (Å²) in [6.45, 7) is 7.87. The van der Waals surface area contributed by atoms with Crippen LogP contribution in [0.5, 0.6) is 11.5 Å². The van der Waals surface area contributed by atoms with Crippen molar-refractivity contribution in [2.75, 3.05) is 6.61 Å². The van der Waals surface area contributed by atoms with Gasteiger partial charge in [0.05, 0.1) is 18.2 Å². The maximum atomic E-state index is 11.9. The van der Waals surface area contributed by atoms with Crippen LogP contribution < -0.4 is 9.84 Å². The molecular formula is C22H25O5-. The van der Waals surface area contributed by atoms with Gasteiger partial charge in [-0.05, 0) is 75.4 Å². The molecule has 2 aromatic carbocycles. The molecule has 0 aliphatic carbocycles. The first-order valence-electron chi connectivity index (χ1n) is 9.14. The smallest absolute Gasteiger partial charge is 0.124 e. The maximum Gasteiger partial charge on any atom is 0.124 e. The molecule has 27 heavy (non-hydrogen) atoms. The number of aromatic hydroxyl groups is 1. The predicted octanol–water partition coefficient (Wildman–Crippen LogP) is 3.30. The number of carbonyl (C=O) groups is 1. The monoisotopic (exact) mass is 369 g/mol. The van der Waals surface area contributed by atoms with E-state index in [9.17, 15) is 15.0 Å². The number of aryl methyl sites for hydroxylation is 2. The molecule has 0 bridgehead atoms. The Balaban J connectivity index is 2.18. The summed E-state index contributed by atoms with van der Waals surface area (Å²) in [5, 5.41) is 22.5. The number of hydrogen-bond acceptors (Lipinski definition) is 5. The Morgan fingerprint density at radius 1 is 1.26 bits per heavy atom. The first kappa shape index (κ1) is 19.2. The summed E-state index contributed by atoms with van der Waals surface area (Å²) < 4.78 is 11.5. The quantitative estimate of drug-likeness (QED) is 0.895. The molecule has 1 N–H and O–H groups in total. The van der Waals surface area contributed by atoms with Gasteiger partial charge in [-0.15, -0.1) is 0 Å². The van der Waals surface area contributed by atoms with Crippen LogP contribution in [0.15, 0.2) is 30.3 Å². The number of carboxylic acids is 1. The number of hydrogen-bond donors (Lipinski definition) is 1. The molecule has 1 heterocycles. The number of carbonyl (C=O) groups excluding carboxylic acids is 1. The van der Waals surface area contributed by atoms with E-state index in [4.69, 9.17) is 9.47 Å². The SMILES string of the molecule is Cc1ccc(O)c(-c2ccc3c(c2)CCCO3)c1C(OC(C)(C)C)C(=O)[O-]. The van der Waals surface area contributed by atoms with Crippen molar-refractivity contribution in [1.29, 1.82) is 0 Å². The van der Waals surface area contributed by atoms with E-state index < -0.39 is 17.7 Å². The summed E-state index contributed by atoms with van der Waals surface area (Å²) in [6.07, 6.45) is 0.519. The Kier molecular flexibility index (Phi) is 5.16. The van der Waals surface area contributed by atoms with Gasteiger partial charge in [0, 0.05) is 11.1 Å². The highest BCUT2D eigenvalue weighted by molar-refractivity contribution is 5.83. The Hall–Kier alpha value is -2.53. The molecule has 144 valence electrons. The molecule has 5 nitrogen and oxygen atoms in total. The van der Waals surface area contributed by atoms with Crippen molar-refractivity contribution in [3.05, 3.63) is 47.0 Å². The van der Waals surface area contributed by atoms with Gasteiger partial charge < -0.3 is 24.5 Å². The highest BCUT2D eigenvalue weighted by Crippen LogP contribution is 2.42. The highest BCUT2D eigenvalue weighted by atomic mass is 16.5. The van der Waals surface area contributed by atoms with Crippen LogP contribution in [0.25, 0.3) is 11.1 Å². The second kappa shape index (κ2) is 7.24. The predicted molar refractivity (Wildman–Crippen MR) is 101 cm³/mol. The van der Waals surface area contributed by atoms with Gasteiger partial charge in [0.2, 0.25) is 0 Å². The molecule has 0 fully saturated rings. The zero-order valence-corrected chi connectivity index (χ0v) is 16.2. The van der Waals surface area contributed by atoms with Gasteiger partial charge in [-0.2, -0.15) is 0 Å². The molecular weight excluding hydrogens is 344 g/mol. The minimum atomic E-state index is -1.33. The lowest BCUT2D eigenvalue weighted by Gasteiger charge is -2.31. The number of phenols is 1. The number of ether oxygens (including phenoxy) is 2. The summed E-state index contributed by atoms with van der Waals surface area (Å²) in [5.41, 5.74) is 2.69. The maximum absolute atomic E-state index is 11.9. The fraction of sp³-hybridized carbons (Fsp3) is 0.409. The molecule has 0 aromatic heterocycles. The molecule has 0 saturated carbocycles. The van der Waals surface area contributed by atoms with Crippen molar-refractivity contribution in [2.45, 2.75) is 52.2 Å². The van der Waals surface area contributed by atoms with Crippen molar-refractivity contribution >= 4 is 5.97 Å². The Bertz CT molecular complexity index is 864. The fourth-order valence-electron chi connectivity index (χ4n) is 3.45. The minimum absolute atomic E-state index is 0.0102. The van der Waals surface area contributed by atoms with Gasteiger partial charge in [-0.3, -0.25) is 0 Å².